The van der Waals surface area contributed by atoms with Crippen LogP contribution in [-0.4, -0.2) is 61.8 Å². The molecule has 1 aliphatic heterocycles. The van der Waals surface area contributed by atoms with Gasteiger partial charge in [-0.1, -0.05) is 30.3 Å². The maximum Gasteiger partial charge on any atom is 0.229 e. The predicted molar refractivity (Wildman–Crippen MR) is 130 cm³/mol. The molecule has 1 aromatic heterocycles. The zero-order valence-electron chi connectivity index (χ0n) is 19.1. The Morgan fingerprint density at radius 3 is 2.61 bits per heavy atom. The Balaban J connectivity index is 1.39. The average Bonchev–Trinajstić information content (AvgIpc) is 3.31. The highest BCUT2D eigenvalue weighted by atomic mass is 32.2. The summed E-state index contributed by atoms with van der Waals surface area (Å²) >= 11 is 1.46. The van der Waals surface area contributed by atoms with E-state index in [1.807, 2.05) is 16.3 Å². The molecule has 1 N–H and O–H groups in total. The third-order valence-electron chi connectivity index (χ3n) is 6.70. The summed E-state index contributed by atoms with van der Waals surface area (Å²) in [5, 5.41) is 2.64. The molecule has 1 saturated carbocycles. The van der Waals surface area contributed by atoms with Crippen molar-refractivity contribution >= 4 is 27.3 Å². The number of ether oxygens (including phenoxy) is 1. The Morgan fingerprint density at radius 2 is 1.94 bits per heavy atom. The first-order valence-electron chi connectivity index (χ1n) is 11.7. The lowest BCUT2D eigenvalue weighted by molar-refractivity contribution is -0.137. The van der Waals surface area contributed by atoms with Crippen molar-refractivity contribution in [2.24, 2.45) is 0 Å². The van der Waals surface area contributed by atoms with Crippen LogP contribution in [0, 0.1) is 0 Å². The third kappa shape index (κ3) is 6.85. The van der Waals surface area contributed by atoms with Gasteiger partial charge in [0.05, 0.1) is 31.4 Å². The molecule has 1 aromatic carbocycles. The fourth-order valence-corrected chi connectivity index (χ4v) is 6.51. The number of nitrogens with zero attached hydrogens (tertiary/aromatic N) is 2. The van der Waals surface area contributed by atoms with Gasteiger partial charge >= 0.3 is 0 Å². The van der Waals surface area contributed by atoms with Crippen LogP contribution in [0.3, 0.4) is 0 Å². The van der Waals surface area contributed by atoms with Gasteiger partial charge in [-0.15, -0.1) is 11.3 Å². The van der Waals surface area contributed by atoms with E-state index in [0.29, 0.717) is 25.5 Å². The fourth-order valence-electron chi connectivity index (χ4n) is 5.08. The van der Waals surface area contributed by atoms with E-state index in [-0.39, 0.29) is 30.5 Å². The highest BCUT2D eigenvalue weighted by Crippen LogP contribution is 2.34. The molecule has 0 radical (unpaired) electrons. The Kier molecular flexibility index (Phi) is 8.16. The van der Waals surface area contributed by atoms with Gasteiger partial charge in [0.2, 0.25) is 15.9 Å². The molecule has 0 bridgehead atoms. The number of aromatic nitrogens is 1. The van der Waals surface area contributed by atoms with Gasteiger partial charge in [0.25, 0.3) is 0 Å². The minimum atomic E-state index is -3.39. The van der Waals surface area contributed by atoms with E-state index in [9.17, 15) is 13.2 Å². The summed E-state index contributed by atoms with van der Waals surface area (Å²) in [5.41, 5.74) is 1.39. The summed E-state index contributed by atoms with van der Waals surface area (Å²) in [5.74, 6) is 0.545. The van der Waals surface area contributed by atoms with E-state index in [0.717, 1.165) is 37.1 Å². The lowest BCUT2D eigenvalue weighted by Crippen LogP contribution is -2.59. The third-order valence-corrected chi connectivity index (χ3v) is 8.21. The molecule has 4 rings (SSSR count). The van der Waals surface area contributed by atoms with Crippen LogP contribution < -0.4 is 4.72 Å². The van der Waals surface area contributed by atoms with E-state index in [2.05, 4.69) is 34.0 Å². The molecule has 2 fully saturated rings. The first kappa shape index (κ1) is 24.3. The van der Waals surface area contributed by atoms with E-state index in [1.54, 1.807) is 6.20 Å². The second-order valence-corrected chi connectivity index (χ2v) is 11.9. The van der Waals surface area contributed by atoms with Gasteiger partial charge in [-0.3, -0.25) is 4.79 Å². The van der Waals surface area contributed by atoms with Gasteiger partial charge in [0.1, 0.15) is 5.01 Å². The van der Waals surface area contributed by atoms with Crippen LogP contribution in [0.2, 0.25) is 0 Å². The number of nitrogens with one attached hydrogen (secondary N) is 1. The Hall–Kier alpha value is -1.81. The van der Waals surface area contributed by atoms with Crippen LogP contribution in [0.25, 0.3) is 0 Å². The molecule has 2 aliphatic rings. The molecule has 7 nitrogen and oxygen atoms in total. The average molecular weight is 492 g/mol. The molecule has 2 heterocycles. The molecular formula is C24H33N3O4S2. The molecule has 180 valence electrons. The summed E-state index contributed by atoms with van der Waals surface area (Å²) in [6, 6.07) is 9.97. The zero-order chi connectivity index (χ0) is 23.3. The predicted octanol–water partition coefficient (Wildman–Crippen LogP) is 3.34. The minimum absolute atomic E-state index is 0.0219. The van der Waals surface area contributed by atoms with Gasteiger partial charge in [-0.2, -0.15) is 0 Å². The topological polar surface area (TPSA) is 88.6 Å². The molecule has 1 aliphatic carbocycles. The molecule has 9 heteroatoms. The number of likely N-dealkylation sites (tertiary alicyclic amines) is 1. The van der Waals surface area contributed by atoms with E-state index >= 15 is 0 Å². The van der Waals surface area contributed by atoms with Crippen molar-refractivity contribution in [3.8, 4) is 0 Å². The van der Waals surface area contributed by atoms with Crippen LogP contribution in [-0.2, 0) is 26.0 Å². The number of carbonyl (C=O) groups is 1. The van der Waals surface area contributed by atoms with E-state index in [4.69, 9.17) is 4.74 Å². The number of rotatable bonds is 8. The maximum atomic E-state index is 13.1. The minimum Gasteiger partial charge on any atom is -0.376 e. The van der Waals surface area contributed by atoms with E-state index < -0.39 is 10.0 Å². The molecule has 1 saturated heterocycles. The number of carbonyl (C=O) groups excluding carboxylic acids is 1. The molecule has 2 aromatic rings. The normalized spacial score (nSPS) is 26.3. The highest BCUT2D eigenvalue weighted by molar-refractivity contribution is 7.88. The van der Waals surface area contributed by atoms with Gasteiger partial charge in [-0.25, -0.2) is 18.1 Å². The van der Waals surface area contributed by atoms with Gasteiger partial charge in [0, 0.05) is 24.2 Å². The number of benzene rings is 1. The number of hydrogen-bond acceptors (Lipinski definition) is 6. The highest BCUT2D eigenvalue weighted by Gasteiger charge is 2.37. The second-order valence-electron chi connectivity index (χ2n) is 9.11. The SMILES string of the molecule is CS(=O)(=O)N[C@H]1CCCN(C(=O)Cc2nccs2)[C@H]1CO[C@H]1CC[C@@H](c2ccccc2)CC1. The molecule has 1 amide bonds. The monoisotopic (exact) mass is 491 g/mol. The number of sulfonamides is 1. The summed E-state index contributed by atoms with van der Waals surface area (Å²) in [6.45, 7) is 0.957. The summed E-state index contributed by atoms with van der Waals surface area (Å²) in [4.78, 5) is 19.1. The Morgan fingerprint density at radius 1 is 1.18 bits per heavy atom. The van der Waals surface area contributed by atoms with Crippen LogP contribution >= 0.6 is 11.3 Å². The second kappa shape index (κ2) is 11.1. The van der Waals surface area contributed by atoms with Crippen molar-refractivity contribution in [2.75, 3.05) is 19.4 Å². The summed E-state index contributed by atoms with van der Waals surface area (Å²) in [6.07, 6.45) is 8.82. The lowest BCUT2D eigenvalue weighted by atomic mass is 9.83. The van der Waals surface area contributed by atoms with Gasteiger partial charge in [0.15, 0.2) is 0 Å². The smallest absolute Gasteiger partial charge is 0.229 e. The van der Waals surface area contributed by atoms with Crippen molar-refractivity contribution in [1.82, 2.24) is 14.6 Å². The molecule has 0 unspecified atom stereocenters. The first-order valence-corrected chi connectivity index (χ1v) is 14.5. The standard InChI is InChI=1S/C24H33N3O4S2/c1-33(29,30)26-21-8-5-14-27(24(28)16-23-25-13-15-32-23)22(21)17-31-20-11-9-19(10-12-20)18-6-3-2-4-7-18/h2-4,6-7,13,15,19-22,26H,5,8-12,14,16-17H2,1H3/t19-,20+,21-,22-/m0/s1. The largest absolute Gasteiger partial charge is 0.376 e. The quantitative estimate of drug-likeness (QED) is 0.612. The Labute approximate surface area is 200 Å². The van der Waals surface area contributed by atoms with Crippen molar-refractivity contribution < 1.29 is 17.9 Å². The molecule has 33 heavy (non-hydrogen) atoms. The van der Waals surface area contributed by atoms with Crippen molar-refractivity contribution in [3.05, 3.63) is 52.5 Å². The number of hydrogen-bond donors (Lipinski definition) is 1. The number of thiazole rings is 1. The summed E-state index contributed by atoms with van der Waals surface area (Å²) in [7, 11) is -3.39. The molecule has 2 atom stereocenters. The lowest BCUT2D eigenvalue weighted by Gasteiger charge is -2.42. The fraction of sp³-hybridized carbons (Fsp3) is 0.583. The van der Waals surface area contributed by atoms with Crippen LogP contribution in [0.15, 0.2) is 41.9 Å². The van der Waals surface area contributed by atoms with Crippen LogP contribution in [0.1, 0.15) is 55.0 Å². The van der Waals surface area contributed by atoms with Gasteiger partial charge in [-0.05, 0) is 50.0 Å². The Bertz CT molecular complexity index is 990. The number of piperidine rings is 1. The zero-order valence-corrected chi connectivity index (χ0v) is 20.7. The summed E-state index contributed by atoms with van der Waals surface area (Å²) < 4.78 is 33.1. The molecule has 0 spiro atoms. The first-order chi connectivity index (χ1) is 15.9. The van der Waals surface area contributed by atoms with Crippen molar-refractivity contribution in [3.63, 3.8) is 0 Å². The van der Waals surface area contributed by atoms with Crippen molar-refractivity contribution in [2.45, 2.75) is 69.1 Å². The van der Waals surface area contributed by atoms with Gasteiger partial charge < -0.3 is 9.64 Å². The number of amides is 1. The van der Waals surface area contributed by atoms with E-state index in [1.165, 1.54) is 23.2 Å². The van der Waals surface area contributed by atoms with Crippen molar-refractivity contribution in [1.29, 1.82) is 0 Å². The van der Waals surface area contributed by atoms with Crippen LogP contribution in [0.5, 0.6) is 0 Å². The van der Waals surface area contributed by atoms with Crippen LogP contribution in [0.4, 0.5) is 0 Å². The molecular weight excluding hydrogens is 458 g/mol. The maximum absolute atomic E-state index is 13.1.